The van der Waals surface area contributed by atoms with Crippen LogP contribution < -0.4 is 15.5 Å². The minimum Gasteiger partial charge on any atom is -0.369 e. The molecule has 1 aliphatic heterocycles. The van der Waals surface area contributed by atoms with Crippen LogP contribution in [0, 0.1) is 10.1 Å². The van der Waals surface area contributed by atoms with Gasteiger partial charge in [-0.1, -0.05) is 6.92 Å². The molecule has 3 rings (SSSR count). The molecule has 0 bridgehead atoms. The third-order valence-corrected chi connectivity index (χ3v) is 5.15. The third-order valence-electron chi connectivity index (χ3n) is 5.15. The van der Waals surface area contributed by atoms with Gasteiger partial charge in [0.15, 0.2) is 0 Å². The van der Waals surface area contributed by atoms with Crippen LogP contribution in [0.3, 0.4) is 0 Å². The van der Waals surface area contributed by atoms with Gasteiger partial charge in [-0.2, -0.15) is 0 Å². The van der Waals surface area contributed by atoms with Crippen LogP contribution in [0.15, 0.2) is 41.4 Å². The summed E-state index contributed by atoms with van der Waals surface area (Å²) >= 11 is 0. The number of pyridine rings is 1. The highest BCUT2D eigenvalue weighted by atomic mass is 19.1. The average molecular weight is 430 g/mol. The second kappa shape index (κ2) is 10.7. The second-order valence-electron chi connectivity index (χ2n) is 7.11. The summed E-state index contributed by atoms with van der Waals surface area (Å²) in [6, 6.07) is 10.4. The topological polar surface area (TPSA) is 98.9 Å². The van der Waals surface area contributed by atoms with E-state index < -0.39 is 11.6 Å². The number of alkyl halides is 1. The molecule has 0 amide bonds. The largest absolute Gasteiger partial charge is 0.369 e. The van der Waals surface area contributed by atoms with Crippen molar-refractivity contribution in [3.8, 4) is 0 Å². The quantitative estimate of drug-likeness (QED) is 0.411. The van der Waals surface area contributed by atoms with Gasteiger partial charge in [0.25, 0.3) is 0 Å². The molecular weight excluding hydrogens is 401 g/mol. The van der Waals surface area contributed by atoms with E-state index in [4.69, 9.17) is 0 Å². The maximum Gasteiger partial charge on any atom is 0.311 e. The fourth-order valence-electron chi connectivity index (χ4n) is 3.47. The van der Waals surface area contributed by atoms with Crippen molar-refractivity contribution in [2.75, 3.05) is 48.5 Å². The Bertz CT molecular complexity index is 899. The lowest BCUT2D eigenvalue weighted by Crippen LogP contribution is -2.39. The summed E-state index contributed by atoms with van der Waals surface area (Å²) in [6.07, 6.45) is 2.73. The van der Waals surface area contributed by atoms with Gasteiger partial charge >= 0.3 is 5.69 Å². The van der Waals surface area contributed by atoms with E-state index in [2.05, 4.69) is 32.4 Å². The van der Waals surface area contributed by atoms with E-state index in [9.17, 15) is 14.5 Å². The first kappa shape index (κ1) is 22.4. The van der Waals surface area contributed by atoms with Gasteiger partial charge < -0.3 is 15.5 Å². The number of nitro groups is 1. The summed E-state index contributed by atoms with van der Waals surface area (Å²) in [4.78, 5) is 23.8. The molecule has 2 heterocycles. The second-order valence-corrected chi connectivity index (χ2v) is 7.11. The summed E-state index contributed by atoms with van der Waals surface area (Å²) in [6.45, 7) is 5.99. The van der Waals surface area contributed by atoms with E-state index in [1.54, 1.807) is 18.2 Å². The zero-order valence-corrected chi connectivity index (χ0v) is 17.8. The highest BCUT2D eigenvalue weighted by molar-refractivity contribution is 5.69. The van der Waals surface area contributed by atoms with Crippen molar-refractivity contribution < 1.29 is 9.31 Å². The van der Waals surface area contributed by atoms with E-state index >= 15 is 0 Å². The Kier molecular flexibility index (Phi) is 7.71. The van der Waals surface area contributed by atoms with Crippen LogP contribution in [0.25, 0.3) is 0 Å². The number of halogens is 1. The first-order chi connectivity index (χ1) is 15.0. The first-order valence-electron chi connectivity index (χ1n) is 10.4. The summed E-state index contributed by atoms with van der Waals surface area (Å²) in [5.41, 5.74) is 1.44. The number of aromatic nitrogens is 1. The zero-order chi connectivity index (χ0) is 22.2. The van der Waals surface area contributed by atoms with Crippen LogP contribution in [0.5, 0.6) is 0 Å². The molecule has 1 aromatic carbocycles. The highest BCUT2D eigenvalue weighted by Gasteiger charge is 2.21. The van der Waals surface area contributed by atoms with Gasteiger partial charge in [-0.25, -0.2) is 9.37 Å². The molecule has 31 heavy (non-hydrogen) atoms. The van der Waals surface area contributed by atoms with E-state index in [1.807, 2.05) is 30.2 Å². The Hall–Kier alpha value is -3.27. The molecule has 1 aliphatic rings. The Morgan fingerprint density at radius 2 is 2.03 bits per heavy atom. The summed E-state index contributed by atoms with van der Waals surface area (Å²) in [5.74, 6) is 0.704. The minimum atomic E-state index is -0.459. The third kappa shape index (κ3) is 5.66. The molecular formula is C21H28FN7O2. The number of anilines is 4. The molecule has 0 saturated carbocycles. The number of nitrogens with zero attached hydrogens (tertiary/aromatic N) is 5. The normalized spacial score (nSPS) is 14.4. The SMILES string of the molecule is CCC(Nc1ccc([N+](=O)[O-])c(Nc2ccc(N(CC)CCF)cc2)n1)N1CC=NC1. The van der Waals surface area contributed by atoms with Gasteiger partial charge in [-0.3, -0.25) is 20.0 Å². The molecule has 1 atom stereocenters. The van der Waals surface area contributed by atoms with Crippen LogP contribution in [0.1, 0.15) is 20.3 Å². The Balaban J connectivity index is 1.78. The van der Waals surface area contributed by atoms with Crippen molar-refractivity contribution in [1.29, 1.82) is 0 Å². The van der Waals surface area contributed by atoms with Crippen LogP contribution in [-0.2, 0) is 0 Å². The predicted octanol–water partition coefficient (Wildman–Crippen LogP) is 4.02. The van der Waals surface area contributed by atoms with Gasteiger partial charge in [0.1, 0.15) is 12.5 Å². The van der Waals surface area contributed by atoms with Crippen molar-refractivity contribution in [3.63, 3.8) is 0 Å². The number of hydrogen-bond acceptors (Lipinski definition) is 8. The Morgan fingerprint density at radius 3 is 2.61 bits per heavy atom. The molecule has 1 unspecified atom stereocenters. The molecule has 0 fully saturated rings. The fourth-order valence-corrected chi connectivity index (χ4v) is 3.47. The van der Waals surface area contributed by atoms with Crippen LogP contribution in [0.2, 0.25) is 0 Å². The smallest absolute Gasteiger partial charge is 0.311 e. The highest BCUT2D eigenvalue weighted by Crippen LogP contribution is 2.29. The van der Waals surface area contributed by atoms with Gasteiger partial charge in [0, 0.05) is 43.3 Å². The van der Waals surface area contributed by atoms with Crippen molar-refractivity contribution in [2.45, 2.75) is 26.4 Å². The summed E-state index contributed by atoms with van der Waals surface area (Å²) in [7, 11) is 0. The van der Waals surface area contributed by atoms with Crippen molar-refractivity contribution in [1.82, 2.24) is 9.88 Å². The van der Waals surface area contributed by atoms with E-state index in [1.165, 1.54) is 6.07 Å². The van der Waals surface area contributed by atoms with Gasteiger partial charge in [0.2, 0.25) is 5.82 Å². The number of nitrogens with one attached hydrogen (secondary N) is 2. The number of aliphatic imine (C=N–C) groups is 1. The predicted molar refractivity (Wildman–Crippen MR) is 122 cm³/mol. The van der Waals surface area contributed by atoms with Crippen molar-refractivity contribution in [2.24, 2.45) is 4.99 Å². The first-order valence-corrected chi connectivity index (χ1v) is 10.4. The molecule has 9 nitrogen and oxygen atoms in total. The molecule has 0 saturated heterocycles. The average Bonchev–Trinajstić information content (AvgIpc) is 3.31. The molecule has 10 heteroatoms. The van der Waals surface area contributed by atoms with Gasteiger partial charge in [-0.05, 0) is 43.7 Å². The molecule has 166 valence electrons. The standard InChI is InChI=1S/C21H28FN7O2/c1-3-20(28-14-12-23-15-28)25-19-10-9-18(29(30)31)21(26-19)24-16-5-7-17(8-6-16)27(4-2)13-11-22/h5-10,12,20H,3-4,11,13-15H2,1-2H3,(H2,24,25,26). The lowest BCUT2D eigenvalue weighted by atomic mass is 10.2. The molecule has 1 aromatic heterocycles. The monoisotopic (exact) mass is 429 g/mol. The maximum atomic E-state index is 12.7. The number of benzene rings is 1. The van der Waals surface area contributed by atoms with E-state index in [0.717, 1.165) is 18.7 Å². The van der Waals surface area contributed by atoms with E-state index in [0.29, 0.717) is 31.3 Å². The maximum absolute atomic E-state index is 12.7. The number of hydrogen-bond donors (Lipinski definition) is 2. The Morgan fingerprint density at radius 1 is 1.26 bits per heavy atom. The summed E-state index contributed by atoms with van der Waals surface area (Å²) < 4.78 is 12.7. The van der Waals surface area contributed by atoms with Gasteiger partial charge in [-0.15, -0.1) is 0 Å². The molecule has 0 radical (unpaired) electrons. The zero-order valence-electron chi connectivity index (χ0n) is 17.8. The van der Waals surface area contributed by atoms with Crippen LogP contribution in [0.4, 0.5) is 33.1 Å². The Labute approximate surface area is 181 Å². The molecule has 2 N–H and O–H groups in total. The van der Waals surface area contributed by atoms with E-state index in [-0.39, 0.29) is 17.7 Å². The molecule has 2 aromatic rings. The van der Waals surface area contributed by atoms with Gasteiger partial charge in [0.05, 0.1) is 17.8 Å². The minimum absolute atomic E-state index is 0.0270. The molecule has 0 aliphatic carbocycles. The van der Waals surface area contributed by atoms with Crippen LogP contribution in [-0.4, -0.2) is 60.2 Å². The number of rotatable bonds is 11. The summed E-state index contributed by atoms with van der Waals surface area (Å²) in [5, 5.41) is 17.9. The fraction of sp³-hybridized carbons (Fsp3) is 0.429. The van der Waals surface area contributed by atoms with Crippen molar-refractivity contribution in [3.05, 3.63) is 46.5 Å². The van der Waals surface area contributed by atoms with Crippen LogP contribution >= 0.6 is 0 Å². The van der Waals surface area contributed by atoms with Crippen molar-refractivity contribution >= 4 is 34.9 Å². The lowest BCUT2D eigenvalue weighted by Gasteiger charge is -2.27. The lowest BCUT2D eigenvalue weighted by molar-refractivity contribution is -0.384. The molecule has 0 spiro atoms.